The predicted octanol–water partition coefficient (Wildman–Crippen LogP) is 0.876. The van der Waals surface area contributed by atoms with Gasteiger partial charge in [-0.15, -0.1) is 0 Å². The molecule has 2 atom stereocenters. The molecule has 7 heteroatoms. The Morgan fingerprint density at radius 3 is 2.43 bits per heavy atom. The Morgan fingerprint density at radius 1 is 1.09 bits per heavy atom. The maximum absolute atomic E-state index is 12.3. The van der Waals surface area contributed by atoms with Crippen LogP contribution in [-0.2, 0) is 9.59 Å². The zero-order valence-electron chi connectivity index (χ0n) is 11.6. The van der Waals surface area contributed by atoms with Crippen LogP contribution in [-0.4, -0.2) is 11.9 Å². The molecule has 7 nitrogen and oxygen atoms in total. The van der Waals surface area contributed by atoms with E-state index < -0.39 is 29.6 Å². The van der Waals surface area contributed by atoms with Gasteiger partial charge in [-0.25, -0.2) is 0 Å². The Balaban J connectivity index is 2.28. The van der Waals surface area contributed by atoms with Gasteiger partial charge in [-0.3, -0.25) is 9.59 Å². The Hall–Kier alpha value is -3.63. The number of ether oxygens (including phenoxy) is 1. The zero-order chi connectivity index (χ0) is 16.6. The summed E-state index contributed by atoms with van der Waals surface area (Å²) in [5, 5.41) is 30.0. The summed E-state index contributed by atoms with van der Waals surface area (Å²) in [6, 6.07) is 12.0. The summed E-state index contributed by atoms with van der Waals surface area (Å²) in [6.07, 6.45) is 0. The molecule has 1 N–H and O–H groups in total. The summed E-state index contributed by atoms with van der Waals surface area (Å²) < 4.78 is 5.15. The standard InChI is InChI=1S/C16H8N4O3/c17-5-8(6-18)14-10(7-19)12-9-3-1-2-4-11(9)23-16(22)13(12)15(21)20-14/h1-4,8,12-13H,(H,20,21). The molecule has 0 fully saturated rings. The maximum Gasteiger partial charge on any atom is 0.324 e. The van der Waals surface area contributed by atoms with Gasteiger partial charge in [0.25, 0.3) is 0 Å². The van der Waals surface area contributed by atoms with E-state index in [9.17, 15) is 14.9 Å². The topological polar surface area (TPSA) is 127 Å². The van der Waals surface area contributed by atoms with E-state index in [1.807, 2.05) is 6.07 Å². The van der Waals surface area contributed by atoms with Crippen LogP contribution in [0.4, 0.5) is 0 Å². The van der Waals surface area contributed by atoms with Crippen LogP contribution in [0.1, 0.15) is 11.5 Å². The fourth-order valence-corrected chi connectivity index (χ4v) is 2.86. The van der Waals surface area contributed by atoms with Crippen molar-refractivity contribution >= 4 is 11.9 Å². The van der Waals surface area contributed by atoms with Crippen LogP contribution in [0.3, 0.4) is 0 Å². The number of para-hydroxylation sites is 1. The number of nitrogens with one attached hydrogen (secondary N) is 1. The van der Waals surface area contributed by atoms with Crippen LogP contribution >= 0.6 is 0 Å². The van der Waals surface area contributed by atoms with Crippen LogP contribution in [0.2, 0.25) is 0 Å². The summed E-state index contributed by atoms with van der Waals surface area (Å²) in [7, 11) is 0. The number of nitrogens with zero attached hydrogens (tertiary/aromatic N) is 3. The molecule has 1 aromatic carbocycles. The summed E-state index contributed by atoms with van der Waals surface area (Å²) in [5.74, 6) is -4.53. The van der Waals surface area contributed by atoms with Crippen molar-refractivity contribution < 1.29 is 14.3 Å². The predicted molar refractivity (Wildman–Crippen MR) is 73.8 cm³/mol. The number of rotatable bonds is 1. The average Bonchev–Trinajstić information content (AvgIpc) is 2.56. The van der Waals surface area contributed by atoms with E-state index in [1.165, 1.54) is 0 Å². The van der Waals surface area contributed by atoms with Gasteiger partial charge in [-0.2, -0.15) is 15.8 Å². The number of benzene rings is 1. The second kappa shape index (κ2) is 5.29. The first-order chi connectivity index (χ1) is 11.1. The number of carbonyl (C=O) groups is 2. The number of amides is 1. The average molecular weight is 304 g/mol. The van der Waals surface area contributed by atoms with Gasteiger partial charge in [0.05, 0.1) is 29.5 Å². The second-order valence-corrected chi connectivity index (χ2v) is 5.03. The Kier molecular flexibility index (Phi) is 3.29. The normalized spacial score (nSPS) is 22.0. The van der Waals surface area contributed by atoms with E-state index in [2.05, 4.69) is 5.32 Å². The molecule has 0 radical (unpaired) electrons. The third-order valence-corrected chi connectivity index (χ3v) is 3.86. The molecule has 1 amide bonds. The van der Waals surface area contributed by atoms with Crippen LogP contribution in [0.25, 0.3) is 0 Å². The third kappa shape index (κ3) is 2.02. The first kappa shape index (κ1) is 14.3. The molecule has 2 unspecified atom stereocenters. The molecule has 2 heterocycles. The minimum absolute atomic E-state index is 0.0341. The molecule has 23 heavy (non-hydrogen) atoms. The molecule has 0 saturated heterocycles. The lowest BCUT2D eigenvalue weighted by Gasteiger charge is -2.35. The first-order valence-corrected chi connectivity index (χ1v) is 6.67. The van der Waals surface area contributed by atoms with Crippen molar-refractivity contribution in [2.24, 2.45) is 11.8 Å². The number of nitriles is 3. The maximum atomic E-state index is 12.3. The van der Waals surface area contributed by atoms with E-state index >= 15 is 0 Å². The number of esters is 1. The van der Waals surface area contributed by atoms with Crippen molar-refractivity contribution in [1.29, 1.82) is 15.8 Å². The van der Waals surface area contributed by atoms with Gasteiger partial charge in [0.15, 0.2) is 5.92 Å². The molecule has 2 aliphatic rings. The van der Waals surface area contributed by atoms with Crippen molar-refractivity contribution in [3.05, 3.63) is 41.1 Å². The molecule has 0 spiro atoms. The highest BCUT2D eigenvalue weighted by Gasteiger charge is 2.49. The van der Waals surface area contributed by atoms with E-state index in [1.54, 1.807) is 36.4 Å². The van der Waals surface area contributed by atoms with E-state index in [4.69, 9.17) is 15.3 Å². The Morgan fingerprint density at radius 2 is 1.78 bits per heavy atom. The lowest BCUT2D eigenvalue weighted by molar-refractivity contribution is -0.147. The number of carbonyl (C=O) groups excluding carboxylic acids is 2. The molecule has 110 valence electrons. The molecule has 2 aliphatic heterocycles. The van der Waals surface area contributed by atoms with E-state index in [0.29, 0.717) is 5.56 Å². The second-order valence-electron chi connectivity index (χ2n) is 5.03. The Labute approximate surface area is 131 Å². The minimum Gasteiger partial charge on any atom is -0.426 e. The zero-order valence-corrected chi connectivity index (χ0v) is 11.6. The highest BCUT2D eigenvalue weighted by Crippen LogP contribution is 2.45. The van der Waals surface area contributed by atoms with Crippen molar-refractivity contribution in [1.82, 2.24) is 5.32 Å². The summed E-state index contributed by atoms with van der Waals surface area (Å²) in [5.41, 5.74) is 0.482. The lowest BCUT2D eigenvalue weighted by atomic mass is 9.74. The van der Waals surface area contributed by atoms with Gasteiger partial charge in [-0.1, -0.05) is 18.2 Å². The fourth-order valence-electron chi connectivity index (χ4n) is 2.86. The lowest BCUT2D eigenvalue weighted by Crippen LogP contribution is -2.48. The van der Waals surface area contributed by atoms with Crippen molar-refractivity contribution in [2.45, 2.75) is 5.92 Å². The largest absolute Gasteiger partial charge is 0.426 e. The van der Waals surface area contributed by atoms with Crippen molar-refractivity contribution in [3.8, 4) is 24.0 Å². The molecule has 3 rings (SSSR count). The summed E-state index contributed by atoms with van der Waals surface area (Å²) >= 11 is 0. The minimum atomic E-state index is -1.29. The molecular formula is C16H8N4O3. The molecule has 0 aromatic heterocycles. The molecule has 0 aliphatic carbocycles. The number of hydrogen-bond donors (Lipinski definition) is 1. The van der Waals surface area contributed by atoms with Gasteiger partial charge in [0.1, 0.15) is 11.7 Å². The molecular weight excluding hydrogens is 296 g/mol. The van der Waals surface area contributed by atoms with Gasteiger partial charge in [-0.05, 0) is 6.07 Å². The highest BCUT2D eigenvalue weighted by atomic mass is 16.5. The van der Waals surface area contributed by atoms with E-state index in [0.717, 1.165) is 0 Å². The van der Waals surface area contributed by atoms with Crippen molar-refractivity contribution in [3.63, 3.8) is 0 Å². The van der Waals surface area contributed by atoms with Crippen molar-refractivity contribution in [2.75, 3.05) is 0 Å². The van der Waals surface area contributed by atoms with Crippen LogP contribution in [0.15, 0.2) is 35.5 Å². The fraction of sp³-hybridized carbons (Fsp3) is 0.188. The highest BCUT2D eigenvalue weighted by molar-refractivity contribution is 6.03. The van der Waals surface area contributed by atoms with Gasteiger partial charge >= 0.3 is 5.97 Å². The molecule has 1 aromatic rings. The number of fused-ring (bicyclic) bond motifs is 3. The van der Waals surface area contributed by atoms with Crippen LogP contribution in [0.5, 0.6) is 5.75 Å². The van der Waals surface area contributed by atoms with Gasteiger partial charge < -0.3 is 10.1 Å². The quantitative estimate of drug-likeness (QED) is 0.466. The van der Waals surface area contributed by atoms with Crippen LogP contribution < -0.4 is 10.1 Å². The Bertz CT molecular complexity index is 868. The van der Waals surface area contributed by atoms with E-state index in [-0.39, 0.29) is 17.0 Å². The molecule has 0 bridgehead atoms. The SMILES string of the molecule is N#CC1=C(C(C#N)C#N)NC(=O)C2C(=O)Oc3ccccc3C12. The summed E-state index contributed by atoms with van der Waals surface area (Å²) in [6.45, 7) is 0. The molecule has 0 saturated carbocycles. The third-order valence-electron chi connectivity index (χ3n) is 3.86. The monoisotopic (exact) mass is 304 g/mol. The van der Waals surface area contributed by atoms with Crippen LogP contribution in [0, 0.1) is 45.8 Å². The van der Waals surface area contributed by atoms with Gasteiger partial charge in [0.2, 0.25) is 5.91 Å². The summed E-state index contributed by atoms with van der Waals surface area (Å²) in [4.78, 5) is 24.4. The number of allylic oxidation sites excluding steroid dienone is 2. The number of hydrogen-bond acceptors (Lipinski definition) is 6. The first-order valence-electron chi connectivity index (χ1n) is 6.67. The van der Waals surface area contributed by atoms with Gasteiger partial charge in [0, 0.05) is 11.5 Å². The smallest absolute Gasteiger partial charge is 0.324 e.